The predicted molar refractivity (Wildman–Crippen MR) is 88.9 cm³/mol. The summed E-state index contributed by atoms with van der Waals surface area (Å²) in [4.78, 5) is -0.688. The zero-order chi connectivity index (χ0) is 15.1. The Morgan fingerprint density at radius 1 is 0.952 bits per heavy atom. The van der Waals surface area contributed by atoms with Crippen molar-refractivity contribution in [2.75, 3.05) is 0 Å². The van der Waals surface area contributed by atoms with E-state index < -0.39 is 5.00 Å². The molecular weight excluding hydrogens is 280 g/mol. The molecule has 2 atom stereocenters. The zero-order valence-corrected chi connectivity index (χ0v) is 13.3. The summed E-state index contributed by atoms with van der Waals surface area (Å²) in [5.74, 6) is 0. The fourth-order valence-corrected chi connectivity index (χ4v) is 2.42. The molecule has 0 radical (unpaired) electrons. The smallest absolute Gasteiger partial charge is 0.155 e. The van der Waals surface area contributed by atoms with Crippen molar-refractivity contribution in [1.29, 1.82) is 0 Å². The summed E-state index contributed by atoms with van der Waals surface area (Å²) in [5, 5.41) is 8.72. The molecule has 0 aliphatic heterocycles. The van der Waals surface area contributed by atoms with Crippen molar-refractivity contribution in [1.82, 2.24) is 0 Å². The fourth-order valence-electron chi connectivity index (χ4n) is 2.22. The van der Waals surface area contributed by atoms with Crippen LogP contribution in [-0.2, 0) is 12.8 Å². The summed E-state index contributed by atoms with van der Waals surface area (Å²) < 4.78 is 0. The van der Waals surface area contributed by atoms with Gasteiger partial charge in [0.15, 0.2) is 5.00 Å². The lowest BCUT2D eigenvalue weighted by atomic mass is 10.1. The number of hydrogen-bond donors (Lipinski definition) is 0. The summed E-state index contributed by atoms with van der Waals surface area (Å²) in [6, 6.07) is 20.6. The number of alkyl halides is 1. The van der Waals surface area contributed by atoms with E-state index >= 15 is 0 Å². The summed E-state index contributed by atoms with van der Waals surface area (Å²) in [6.07, 6.45) is 1.56. The van der Waals surface area contributed by atoms with Crippen LogP contribution in [0.4, 0.5) is 0 Å². The molecule has 0 saturated carbocycles. The van der Waals surface area contributed by atoms with E-state index in [1.54, 1.807) is 0 Å². The third-order valence-corrected chi connectivity index (χ3v) is 3.42. The third kappa shape index (κ3) is 5.68. The Hall–Kier alpha value is -1.67. The molecule has 2 aromatic rings. The van der Waals surface area contributed by atoms with Crippen LogP contribution in [0.2, 0.25) is 0 Å². The van der Waals surface area contributed by atoms with Crippen molar-refractivity contribution in [3.05, 3.63) is 71.8 Å². The maximum Gasteiger partial charge on any atom is 0.155 e. The monoisotopic (exact) mass is 300 g/mol. The lowest BCUT2D eigenvalue weighted by Crippen LogP contribution is -2.17. The highest BCUT2D eigenvalue weighted by Gasteiger charge is 2.20. The van der Waals surface area contributed by atoms with Gasteiger partial charge in [-0.2, -0.15) is 10.2 Å². The lowest BCUT2D eigenvalue weighted by Gasteiger charge is -2.16. The van der Waals surface area contributed by atoms with Gasteiger partial charge < -0.3 is 0 Å². The molecule has 21 heavy (non-hydrogen) atoms. The molecule has 0 aromatic heterocycles. The van der Waals surface area contributed by atoms with E-state index in [4.69, 9.17) is 11.6 Å². The molecule has 0 bridgehead atoms. The number of nitrogens with zero attached hydrogens (tertiary/aromatic N) is 2. The molecule has 2 aromatic carbocycles. The van der Waals surface area contributed by atoms with E-state index in [9.17, 15) is 0 Å². The molecule has 0 aliphatic carbocycles. The second kappa shape index (κ2) is 7.37. The van der Waals surface area contributed by atoms with Gasteiger partial charge in [-0.05, 0) is 31.4 Å². The van der Waals surface area contributed by atoms with Gasteiger partial charge in [0.1, 0.15) is 0 Å². The first kappa shape index (κ1) is 15.7. The molecule has 2 rings (SSSR count). The molecule has 0 N–H and O–H groups in total. The van der Waals surface area contributed by atoms with Crippen LogP contribution in [0.5, 0.6) is 0 Å². The Balaban J connectivity index is 1.92. The molecule has 0 spiro atoms. The van der Waals surface area contributed by atoms with Gasteiger partial charge in [0.2, 0.25) is 0 Å². The van der Waals surface area contributed by atoms with Gasteiger partial charge in [-0.25, -0.2) is 0 Å². The van der Waals surface area contributed by atoms with Gasteiger partial charge in [0.25, 0.3) is 0 Å². The first-order valence-electron chi connectivity index (χ1n) is 7.24. The van der Waals surface area contributed by atoms with E-state index in [-0.39, 0.29) is 6.04 Å². The summed E-state index contributed by atoms with van der Waals surface area (Å²) >= 11 is 6.46. The van der Waals surface area contributed by atoms with Crippen molar-refractivity contribution in [3.63, 3.8) is 0 Å². The predicted octanol–water partition coefficient (Wildman–Crippen LogP) is 5.27. The van der Waals surface area contributed by atoms with Gasteiger partial charge in [0.05, 0.1) is 6.04 Å². The van der Waals surface area contributed by atoms with Crippen LogP contribution in [0.25, 0.3) is 0 Å². The Labute approximate surface area is 131 Å². The molecule has 0 aliphatic rings. The highest BCUT2D eigenvalue weighted by Crippen LogP contribution is 2.23. The molecule has 0 heterocycles. The SMILES string of the molecule is CC(Cc1ccccc1)/N=N/C(C)(Cl)Cc1ccccc1. The van der Waals surface area contributed by atoms with Gasteiger partial charge in [-0.3, -0.25) is 0 Å². The average Bonchev–Trinajstić information content (AvgIpc) is 2.47. The standard InChI is InChI=1S/C18H21ClN2/c1-15(13-16-9-5-3-6-10-16)20-21-18(2,19)14-17-11-7-4-8-12-17/h3-12,15H,13-14H2,1-2H3/b21-20+. The second-order valence-electron chi connectivity index (χ2n) is 5.56. The van der Waals surface area contributed by atoms with Crippen LogP contribution >= 0.6 is 11.6 Å². The number of halogens is 1. The molecule has 2 unspecified atom stereocenters. The summed E-state index contributed by atoms with van der Waals surface area (Å²) in [7, 11) is 0. The van der Waals surface area contributed by atoms with Gasteiger partial charge in [0, 0.05) is 6.42 Å². The van der Waals surface area contributed by atoms with E-state index in [2.05, 4.69) is 41.4 Å². The molecule has 0 saturated heterocycles. The fraction of sp³-hybridized carbons (Fsp3) is 0.333. The Bertz CT molecular complexity index is 564. The van der Waals surface area contributed by atoms with Crippen molar-refractivity contribution < 1.29 is 0 Å². The van der Waals surface area contributed by atoms with Crippen molar-refractivity contribution in [3.8, 4) is 0 Å². The van der Waals surface area contributed by atoms with Gasteiger partial charge >= 0.3 is 0 Å². The van der Waals surface area contributed by atoms with E-state index in [0.29, 0.717) is 6.42 Å². The normalized spacial score (nSPS) is 15.8. The highest BCUT2D eigenvalue weighted by atomic mass is 35.5. The molecule has 110 valence electrons. The van der Waals surface area contributed by atoms with Crippen LogP contribution in [0.3, 0.4) is 0 Å². The summed E-state index contributed by atoms with van der Waals surface area (Å²) in [5.41, 5.74) is 2.44. The van der Waals surface area contributed by atoms with Gasteiger partial charge in [-0.1, -0.05) is 72.3 Å². The minimum Gasteiger partial charge on any atom is -0.189 e. The maximum absolute atomic E-state index is 6.46. The van der Waals surface area contributed by atoms with Crippen LogP contribution in [0, 0.1) is 0 Å². The van der Waals surface area contributed by atoms with E-state index in [0.717, 1.165) is 6.42 Å². The second-order valence-corrected chi connectivity index (χ2v) is 6.37. The zero-order valence-electron chi connectivity index (χ0n) is 12.5. The third-order valence-electron chi connectivity index (χ3n) is 3.21. The largest absolute Gasteiger partial charge is 0.189 e. The average molecular weight is 301 g/mol. The van der Waals surface area contributed by atoms with Crippen molar-refractivity contribution in [2.24, 2.45) is 10.2 Å². The van der Waals surface area contributed by atoms with Crippen LogP contribution in [0.15, 0.2) is 70.9 Å². The Morgan fingerprint density at radius 2 is 1.48 bits per heavy atom. The number of azo groups is 1. The van der Waals surface area contributed by atoms with E-state index in [1.807, 2.05) is 43.3 Å². The first-order chi connectivity index (χ1) is 10.1. The van der Waals surface area contributed by atoms with Gasteiger partial charge in [-0.15, -0.1) is 0 Å². The first-order valence-corrected chi connectivity index (χ1v) is 7.62. The topological polar surface area (TPSA) is 24.7 Å². The number of hydrogen-bond acceptors (Lipinski definition) is 2. The molecule has 2 nitrogen and oxygen atoms in total. The van der Waals surface area contributed by atoms with E-state index in [1.165, 1.54) is 11.1 Å². The molecule has 0 amide bonds. The van der Waals surface area contributed by atoms with Crippen LogP contribution < -0.4 is 0 Å². The van der Waals surface area contributed by atoms with Crippen LogP contribution in [0.1, 0.15) is 25.0 Å². The minimum atomic E-state index is -0.688. The van der Waals surface area contributed by atoms with Crippen LogP contribution in [-0.4, -0.2) is 11.0 Å². The minimum absolute atomic E-state index is 0.126. The molecular formula is C18H21ClN2. The summed E-state index contributed by atoms with van der Waals surface area (Å²) in [6.45, 7) is 3.96. The van der Waals surface area contributed by atoms with Crippen molar-refractivity contribution in [2.45, 2.75) is 37.7 Å². The van der Waals surface area contributed by atoms with Crippen molar-refractivity contribution >= 4 is 11.6 Å². The molecule has 3 heteroatoms. The lowest BCUT2D eigenvalue weighted by molar-refractivity contribution is 0.570. The number of benzene rings is 2. The molecule has 0 fully saturated rings. The highest BCUT2D eigenvalue weighted by molar-refractivity contribution is 6.23. The quantitative estimate of drug-likeness (QED) is 0.394. The number of rotatable bonds is 6. The Morgan fingerprint density at radius 3 is 2.05 bits per heavy atom. The maximum atomic E-state index is 6.46. The Kier molecular flexibility index (Phi) is 5.51.